The number of nitrogens with zero attached hydrogens (tertiary/aromatic N) is 1. The highest BCUT2D eigenvalue weighted by atomic mass is 79.9. The number of anilines is 1. The molecule has 4 rings (SSSR count). The number of carbonyl (C=O) groups excluding carboxylic acids is 2. The van der Waals surface area contributed by atoms with Crippen LogP contribution in [0.4, 0.5) is 5.69 Å². The predicted molar refractivity (Wildman–Crippen MR) is 120 cm³/mol. The number of carbonyl (C=O) groups is 2. The summed E-state index contributed by atoms with van der Waals surface area (Å²) < 4.78 is 6.35. The number of esters is 1. The molecule has 1 aromatic heterocycles. The lowest BCUT2D eigenvalue weighted by atomic mass is 9.78. The van der Waals surface area contributed by atoms with Crippen LogP contribution in [0, 0.1) is 5.92 Å². The van der Waals surface area contributed by atoms with E-state index < -0.39 is 11.0 Å². The van der Waals surface area contributed by atoms with Crippen LogP contribution in [0.25, 0.3) is 0 Å². The molecule has 0 saturated heterocycles. The van der Waals surface area contributed by atoms with Gasteiger partial charge in [0, 0.05) is 16.4 Å². The molecule has 1 atom stereocenters. The maximum atomic E-state index is 13.5. The van der Waals surface area contributed by atoms with Crippen LogP contribution in [0.1, 0.15) is 68.1 Å². The van der Waals surface area contributed by atoms with Gasteiger partial charge in [0.1, 0.15) is 5.60 Å². The van der Waals surface area contributed by atoms with Crippen LogP contribution < -0.4 is 5.32 Å². The first-order chi connectivity index (χ1) is 14.2. The normalized spacial score (nSPS) is 20.5. The molecule has 2 aromatic rings. The van der Waals surface area contributed by atoms with Crippen molar-refractivity contribution in [3.63, 3.8) is 0 Å². The number of nitrogens with one attached hydrogen (secondary N) is 1. The van der Waals surface area contributed by atoms with Gasteiger partial charge in [-0.3, -0.25) is 9.78 Å². The fourth-order valence-corrected chi connectivity index (χ4v) is 4.55. The Kier molecular flexibility index (Phi) is 5.47. The molecule has 2 aliphatic rings. The van der Waals surface area contributed by atoms with Gasteiger partial charge in [0.25, 0.3) is 0 Å². The van der Waals surface area contributed by atoms with Gasteiger partial charge in [-0.15, -0.1) is 0 Å². The molecule has 1 fully saturated rings. The highest BCUT2D eigenvalue weighted by molar-refractivity contribution is 9.10. The second kappa shape index (κ2) is 7.80. The molecule has 1 amide bonds. The summed E-state index contributed by atoms with van der Waals surface area (Å²) in [5, 5.41) is 3.08. The number of aromatic nitrogens is 1. The van der Waals surface area contributed by atoms with E-state index in [0.29, 0.717) is 17.2 Å². The SMILES string of the molecule is CC(C)(C)OC(=O)c1ccc(NC(=O)C2(CC3CC3)CCc3cc(Br)cnc32)cc1. The second-order valence-corrected chi connectivity index (χ2v) is 10.3. The quantitative estimate of drug-likeness (QED) is 0.592. The monoisotopic (exact) mass is 470 g/mol. The number of rotatable bonds is 5. The molecule has 1 unspecified atom stereocenters. The molecule has 0 spiro atoms. The molecule has 6 heteroatoms. The van der Waals surface area contributed by atoms with E-state index in [9.17, 15) is 9.59 Å². The van der Waals surface area contributed by atoms with Crippen LogP contribution in [-0.4, -0.2) is 22.5 Å². The smallest absolute Gasteiger partial charge is 0.338 e. The summed E-state index contributed by atoms with van der Waals surface area (Å²) in [7, 11) is 0. The molecule has 1 heterocycles. The number of hydrogen-bond donors (Lipinski definition) is 1. The van der Waals surface area contributed by atoms with E-state index in [-0.39, 0.29) is 11.9 Å². The Bertz CT molecular complexity index is 977. The number of pyridine rings is 1. The molecule has 30 heavy (non-hydrogen) atoms. The summed E-state index contributed by atoms with van der Waals surface area (Å²) in [5.41, 5.74) is 2.08. The fraction of sp³-hybridized carbons (Fsp3) is 0.458. The average molecular weight is 471 g/mol. The van der Waals surface area contributed by atoms with Crippen LogP contribution in [-0.2, 0) is 21.4 Å². The lowest BCUT2D eigenvalue weighted by Crippen LogP contribution is -2.39. The number of hydrogen-bond acceptors (Lipinski definition) is 4. The molecule has 1 saturated carbocycles. The molecule has 0 aliphatic heterocycles. The summed E-state index contributed by atoms with van der Waals surface area (Å²) in [6.07, 6.45) is 6.64. The van der Waals surface area contributed by atoms with E-state index in [4.69, 9.17) is 4.74 Å². The molecule has 1 N–H and O–H groups in total. The number of fused-ring (bicyclic) bond motifs is 1. The Labute approximate surface area is 185 Å². The third-order valence-electron chi connectivity index (χ3n) is 5.75. The van der Waals surface area contributed by atoms with Crippen molar-refractivity contribution in [1.29, 1.82) is 0 Å². The van der Waals surface area contributed by atoms with Gasteiger partial charge in [0.15, 0.2) is 0 Å². The van der Waals surface area contributed by atoms with Crippen molar-refractivity contribution in [2.45, 2.75) is 63.9 Å². The number of aryl methyl sites for hydroxylation is 1. The van der Waals surface area contributed by atoms with Crippen molar-refractivity contribution in [2.24, 2.45) is 5.92 Å². The first kappa shape index (κ1) is 21.0. The van der Waals surface area contributed by atoms with Gasteiger partial charge in [0.2, 0.25) is 5.91 Å². The Morgan fingerprint density at radius 3 is 2.57 bits per heavy atom. The van der Waals surface area contributed by atoms with E-state index in [0.717, 1.165) is 35.0 Å². The second-order valence-electron chi connectivity index (χ2n) is 9.42. The average Bonchev–Trinajstić information content (AvgIpc) is 3.41. The van der Waals surface area contributed by atoms with Gasteiger partial charge >= 0.3 is 5.97 Å². The zero-order chi connectivity index (χ0) is 21.5. The summed E-state index contributed by atoms with van der Waals surface area (Å²) in [4.78, 5) is 30.4. The van der Waals surface area contributed by atoms with Crippen LogP contribution in [0.2, 0.25) is 0 Å². The summed E-state index contributed by atoms with van der Waals surface area (Å²) in [6, 6.07) is 8.98. The molecule has 0 bridgehead atoms. The highest BCUT2D eigenvalue weighted by Gasteiger charge is 2.49. The maximum Gasteiger partial charge on any atom is 0.338 e. The number of amides is 1. The van der Waals surface area contributed by atoms with E-state index in [1.165, 1.54) is 12.8 Å². The van der Waals surface area contributed by atoms with Crippen molar-refractivity contribution in [2.75, 3.05) is 5.32 Å². The van der Waals surface area contributed by atoms with Gasteiger partial charge in [-0.1, -0.05) is 12.8 Å². The number of ether oxygens (including phenoxy) is 1. The molecule has 2 aliphatic carbocycles. The predicted octanol–water partition coefficient (Wildman–Crippen LogP) is 5.42. The van der Waals surface area contributed by atoms with Crippen molar-refractivity contribution >= 4 is 33.5 Å². The van der Waals surface area contributed by atoms with Gasteiger partial charge in [-0.25, -0.2) is 4.79 Å². The third-order valence-corrected chi connectivity index (χ3v) is 6.19. The van der Waals surface area contributed by atoms with Crippen LogP contribution in [0.3, 0.4) is 0 Å². The first-order valence-corrected chi connectivity index (χ1v) is 11.3. The number of halogens is 1. The van der Waals surface area contributed by atoms with Crippen molar-refractivity contribution < 1.29 is 14.3 Å². The molecule has 1 aromatic carbocycles. The minimum Gasteiger partial charge on any atom is -0.456 e. The lowest BCUT2D eigenvalue weighted by Gasteiger charge is -2.28. The van der Waals surface area contributed by atoms with Crippen LogP contribution in [0.15, 0.2) is 41.0 Å². The van der Waals surface area contributed by atoms with E-state index >= 15 is 0 Å². The zero-order valence-corrected chi connectivity index (χ0v) is 19.2. The van der Waals surface area contributed by atoms with Gasteiger partial charge in [-0.2, -0.15) is 0 Å². The van der Waals surface area contributed by atoms with Crippen LogP contribution >= 0.6 is 15.9 Å². The van der Waals surface area contributed by atoms with Gasteiger partial charge < -0.3 is 10.1 Å². The van der Waals surface area contributed by atoms with Crippen molar-refractivity contribution in [3.05, 3.63) is 57.8 Å². The zero-order valence-electron chi connectivity index (χ0n) is 17.6. The van der Waals surface area contributed by atoms with Gasteiger partial charge in [-0.05, 0) is 97.8 Å². The van der Waals surface area contributed by atoms with Gasteiger partial charge in [0.05, 0.1) is 16.7 Å². The molecule has 5 nitrogen and oxygen atoms in total. The third kappa shape index (κ3) is 4.43. The van der Waals surface area contributed by atoms with Crippen molar-refractivity contribution in [1.82, 2.24) is 4.98 Å². The summed E-state index contributed by atoms with van der Waals surface area (Å²) in [5.74, 6) is 0.222. The van der Waals surface area contributed by atoms with Crippen molar-refractivity contribution in [3.8, 4) is 0 Å². The Morgan fingerprint density at radius 1 is 1.23 bits per heavy atom. The first-order valence-electron chi connectivity index (χ1n) is 10.5. The van der Waals surface area contributed by atoms with Crippen LogP contribution in [0.5, 0.6) is 0 Å². The fourth-order valence-electron chi connectivity index (χ4n) is 4.17. The largest absolute Gasteiger partial charge is 0.456 e. The topological polar surface area (TPSA) is 68.3 Å². The summed E-state index contributed by atoms with van der Waals surface area (Å²) >= 11 is 3.49. The van der Waals surface area contributed by atoms with E-state index in [1.807, 2.05) is 20.8 Å². The minimum absolute atomic E-state index is 0.00649. The Morgan fingerprint density at radius 2 is 1.93 bits per heavy atom. The lowest BCUT2D eigenvalue weighted by molar-refractivity contribution is -0.122. The maximum absolute atomic E-state index is 13.5. The number of benzene rings is 1. The van der Waals surface area contributed by atoms with E-state index in [2.05, 4.69) is 32.3 Å². The summed E-state index contributed by atoms with van der Waals surface area (Å²) in [6.45, 7) is 5.51. The molecule has 0 radical (unpaired) electrons. The minimum atomic E-state index is -0.582. The molecular formula is C24H27BrN2O3. The van der Waals surface area contributed by atoms with E-state index in [1.54, 1.807) is 30.5 Å². The Balaban J connectivity index is 1.54. The highest BCUT2D eigenvalue weighted by Crippen LogP contribution is 2.49. The Hall–Kier alpha value is -2.21. The molecular weight excluding hydrogens is 444 g/mol. The standard InChI is InChI=1S/C24H27BrN2O3/c1-23(2,3)30-21(28)16-6-8-19(9-7-16)27-22(29)24(13-15-4-5-15)11-10-17-12-18(25)14-26-20(17)24/h6-9,12,14-15H,4-5,10-11,13H2,1-3H3,(H,27,29). The molecule has 158 valence electrons.